The zero-order valence-corrected chi connectivity index (χ0v) is 17.1. The lowest BCUT2D eigenvalue weighted by Crippen LogP contribution is -2.32. The molecule has 1 heterocycles. The van der Waals surface area contributed by atoms with Crippen LogP contribution in [0.15, 0.2) is 82.0 Å². The largest absolute Gasteiger partial charge is 0.423 e. The first-order chi connectivity index (χ1) is 15.1. The Morgan fingerprint density at radius 1 is 0.968 bits per heavy atom. The maximum absolute atomic E-state index is 14.2. The number of fused-ring (bicyclic) bond motifs is 1. The molecule has 0 amide bonds. The summed E-state index contributed by atoms with van der Waals surface area (Å²) in [6, 6.07) is 21.7. The molecular weight excluding hydrogens is 395 g/mol. The van der Waals surface area contributed by atoms with Gasteiger partial charge in [-0.15, -0.1) is 0 Å². The van der Waals surface area contributed by atoms with Crippen molar-refractivity contribution in [2.24, 2.45) is 0 Å². The lowest BCUT2D eigenvalue weighted by Gasteiger charge is -2.14. The van der Waals surface area contributed by atoms with E-state index in [4.69, 9.17) is 4.42 Å². The Labute approximate surface area is 179 Å². The average molecular weight is 420 g/mol. The van der Waals surface area contributed by atoms with E-state index in [1.165, 1.54) is 11.6 Å². The maximum Gasteiger partial charge on any atom is 0.423 e. The molecule has 6 heteroatoms. The molecule has 0 aliphatic carbocycles. The fraction of sp³-hybridized carbons (Fsp3) is 0.240. The molecule has 0 saturated heterocycles. The first-order valence-electron chi connectivity index (χ1n) is 10.5. The minimum Gasteiger partial charge on any atom is -0.408 e. The number of benzene rings is 3. The van der Waals surface area contributed by atoms with E-state index in [1.807, 2.05) is 18.2 Å². The third-order valence-electron chi connectivity index (χ3n) is 5.35. The van der Waals surface area contributed by atoms with Crippen LogP contribution >= 0.6 is 0 Å². The van der Waals surface area contributed by atoms with E-state index in [0.29, 0.717) is 28.8 Å². The van der Waals surface area contributed by atoms with Gasteiger partial charge >= 0.3 is 5.76 Å². The van der Waals surface area contributed by atoms with Crippen LogP contribution < -0.4 is 11.1 Å². The number of halogens is 1. The third-order valence-corrected chi connectivity index (χ3v) is 5.35. The minimum atomic E-state index is -1.22. The van der Waals surface area contributed by atoms with Gasteiger partial charge in [0.2, 0.25) is 0 Å². The Hall–Kier alpha value is -3.22. The number of aliphatic hydroxyl groups excluding tert-OH is 1. The molecule has 0 aliphatic rings. The normalized spacial score (nSPS) is 12.3. The van der Waals surface area contributed by atoms with E-state index in [0.717, 1.165) is 30.3 Å². The fourth-order valence-electron chi connectivity index (χ4n) is 3.73. The molecule has 1 atom stereocenters. The lowest BCUT2D eigenvalue weighted by atomic mass is 10.0. The second-order valence-electron chi connectivity index (χ2n) is 7.52. The molecule has 5 nitrogen and oxygen atoms in total. The van der Waals surface area contributed by atoms with Crippen LogP contribution in [0.4, 0.5) is 4.39 Å². The van der Waals surface area contributed by atoms with Crippen molar-refractivity contribution < 1.29 is 13.9 Å². The Kier molecular flexibility index (Phi) is 6.60. The minimum absolute atomic E-state index is 0.341. The summed E-state index contributed by atoms with van der Waals surface area (Å²) in [7, 11) is 0. The van der Waals surface area contributed by atoms with Gasteiger partial charge < -0.3 is 9.52 Å². The summed E-state index contributed by atoms with van der Waals surface area (Å²) in [4.78, 5) is 12.3. The first kappa shape index (κ1) is 21.0. The van der Waals surface area contributed by atoms with E-state index in [9.17, 15) is 14.3 Å². The van der Waals surface area contributed by atoms with Gasteiger partial charge in [-0.25, -0.2) is 13.8 Å². The summed E-state index contributed by atoms with van der Waals surface area (Å²) in [6.45, 7) is 0.558. The molecule has 0 radical (unpaired) electrons. The molecule has 0 bridgehead atoms. The highest BCUT2D eigenvalue weighted by Crippen LogP contribution is 2.26. The van der Waals surface area contributed by atoms with Crippen LogP contribution in [0, 0.1) is 5.82 Å². The van der Waals surface area contributed by atoms with Crippen molar-refractivity contribution in [3.63, 3.8) is 0 Å². The zero-order valence-electron chi connectivity index (χ0n) is 17.1. The third kappa shape index (κ3) is 4.93. The second-order valence-corrected chi connectivity index (χ2v) is 7.52. The van der Waals surface area contributed by atoms with Gasteiger partial charge in [0.15, 0.2) is 11.9 Å². The number of unbranched alkanes of at least 4 members (excludes halogenated alkanes) is 2. The van der Waals surface area contributed by atoms with Crippen LogP contribution in [0.2, 0.25) is 0 Å². The van der Waals surface area contributed by atoms with E-state index in [-0.39, 0.29) is 5.82 Å². The first-order valence-corrected chi connectivity index (χ1v) is 10.5. The number of aliphatic hydroxyl groups is 1. The topological polar surface area (TPSA) is 67.4 Å². The van der Waals surface area contributed by atoms with Gasteiger partial charge in [0.1, 0.15) is 5.82 Å². The molecule has 160 valence electrons. The highest BCUT2D eigenvalue weighted by Gasteiger charge is 2.17. The SMILES string of the molecule is O=c1oc2ccc(-c3ccccc3F)cc2n1C(O)NCCCCCc1ccccc1. The second kappa shape index (κ2) is 9.73. The molecule has 31 heavy (non-hydrogen) atoms. The van der Waals surface area contributed by atoms with Gasteiger partial charge in [-0.3, -0.25) is 5.32 Å². The molecule has 0 aliphatic heterocycles. The monoisotopic (exact) mass is 420 g/mol. The van der Waals surface area contributed by atoms with E-state index in [2.05, 4.69) is 17.4 Å². The van der Waals surface area contributed by atoms with Crippen LogP contribution in [0.5, 0.6) is 0 Å². The molecule has 3 aromatic carbocycles. The highest BCUT2D eigenvalue weighted by molar-refractivity contribution is 5.80. The van der Waals surface area contributed by atoms with Crippen molar-refractivity contribution in [3.05, 3.63) is 94.7 Å². The number of aromatic nitrogens is 1. The van der Waals surface area contributed by atoms with Crippen LogP contribution in [-0.2, 0) is 6.42 Å². The molecular formula is C25H25FN2O3. The summed E-state index contributed by atoms with van der Waals surface area (Å²) in [5, 5.41) is 13.5. The number of rotatable bonds is 9. The number of aryl methyl sites for hydroxylation is 1. The summed E-state index contributed by atoms with van der Waals surface area (Å²) in [5.41, 5.74) is 3.10. The number of nitrogens with one attached hydrogen (secondary N) is 1. The van der Waals surface area contributed by atoms with Crippen molar-refractivity contribution in [2.75, 3.05) is 6.54 Å². The molecule has 4 aromatic rings. The van der Waals surface area contributed by atoms with Crippen LogP contribution in [0.1, 0.15) is 31.2 Å². The van der Waals surface area contributed by atoms with Crippen LogP contribution in [-0.4, -0.2) is 16.2 Å². The molecule has 1 aromatic heterocycles. The number of nitrogens with zero attached hydrogens (tertiary/aromatic N) is 1. The number of oxazole rings is 1. The molecule has 0 fully saturated rings. The van der Waals surface area contributed by atoms with Crippen molar-refractivity contribution in [2.45, 2.75) is 32.0 Å². The summed E-state index contributed by atoms with van der Waals surface area (Å²) >= 11 is 0. The van der Waals surface area contributed by atoms with E-state index < -0.39 is 12.1 Å². The van der Waals surface area contributed by atoms with E-state index >= 15 is 0 Å². The Bertz CT molecular complexity index is 1200. The average Bonchev–Trinajstić information content (AvgIpc) is 3.12. The molecule has 1 unspecified atom stereocenters. The Balaban J connectivity index is 1.40. The van der Waals surface area contributed by atoms with Crippen molar-refractivity contribution in [1.29, 1.82) is 0 Å². The van der Waals surface area contributed by atoms with Crippen molar-refractivity contribution in [3.8, 4) is 11.1 Å². The molecule has 0 saturated carbocycles. The van der Waals surface area contributed by atoms with Gasteiger partial charge in [-0.1, -0.05) is 61.0 Å². The molecule has 0 spiro atoms. The highest BCUT2D eigenvalue weighted by atomic mass is 19.1. The van der Waals surface area contributed by atoms with Gasteiger partial charge in [-0.05, 0) is 55.1 Å². The number of hydrogen-bond donors (Lipinski definition) is 2. The predicted molar refractivity (Wildman–Crippen MR) is 119 cm³/mol. The van der Waals surface area contributed by atoms with Crippen LogP contribution in [0.3, 0.4) is 0 Å². The molecule has 2 N–H and O–H groups in total. The quantitative estimate of drug-likeness (QED) is 0.300. The summed E-state index contributed by atoms with van der Waals surface area (Å²) in [5.74, 6) is -1.02. The van der Waals surface area contributed by atoms with Crippen molar-refractivity contribution >= 4 is 11.1 Å². The standard InChI is InChI=1S/C25H25FN2O3/c26-21-13-7-6-12-20(21)19-14-15-23-22(17-19)28(25(30)31-23)24(29)27-16-8-2-5-11-18-9-3-1-4-10-18/h1,3-4,6-7,9-10,12-15,17,24,27,29H,2,5,8,11,16H2. The zero-order chi connectivity index (χ0) is 21.6. The van der Waals surface area contributed by atoms with Gasteiger partial charge in [-0.2, -0.15) is 0 Å². The Morgan fingerprint density at radius 2 is 1.74 bits per heavy atom. The lowest BCUT2D eigenvalue weighted by molar-refractivity contribution is 0.0646. The van der Waals surface area contributed by atoms with Crippen molar-refractivity contribution in [1.82, 2.24) is 9.88 Å². The Morgan fingerprint density at radius 3 is 2.55 bits per heavy atom. The van der Waals surface area contributed by atoms with Crippen LogP contribution in [0.25, 0.3) is 22.2 Å². The van der Waals surface area contributed by atoms with E-state index in [1.54, 1.807) is 36.4 Å². The van der Waals surface area contributed by atoms with Gasteiger partial charge in [0, 0.05) is 5.56 Å². The summed E-state index contributed by atoms with van der Waals surface area (Å²) in [6.07, 6.45) is 2.73. The van der Waals surface area contributed by atoms with Gasteiger partial charge in [0.05, 0.1) is 5.52 Å². The fourth-order valence-corrected chi connectivity index (χ4v) is 3.73. The predicted octanol–water partition coefficient (Wildman–Crippen LogP) is 4.85. The maximum atomic E-state index is 14.2. The molecule has 4 rings (SSSR count). The van der Waals surface area contributed by atoms with Gasteiger partial charge in [0.25, 0.3) is 0 Å². The summed E-state index contributed by atoms with van der Waals surface area (Å²) < 4.78 is 20.6. The smallest absolute Gasteiger partial charge is 0.408 e. The number of hydrogen-bond acceptors (Lipinski definition) is 4.